The first-order valence-corrected chi connectivity index (χ1v) is 8.68. The summed E-state index contributed by atoms with van der Waals surface area (Å²) in [6, 6.07) is 1.96. The van der Waals surface area contributed by atoms with E-state index in [1.54, 1.807) is 23.5 Å². The number of nitrogens with zero attached hydrogens (tertiary/aromatic N) is 4. The Morgan fingerprint density at radius 1 is 1.26 bits per heavy atom. The molecular weight excluding hydrogens is 280 g/mol. The van der Waals surface area contributed by atoms with Gasteiger partial charge >= 0.3 is 0 Å². The highest BCUT2D eigenvalue weighted by Crippen LogP contribution is 2.19. The predicted molar refractivity (Wildman–Crippen MR) is 78.3 cm³/mol. The summed E-state index contributed by atoms with van der Waals surface area (Å²) in [5, 5.41) is 12.9. The van der Waals surface area contributed by atoms with Crippen molar-refractivity contribution in [1.29, 1.82) is 0 Å². The molecule has 104 valence electrons. The first kappa shape index (κ1) is 14.5. The number of rotatable bonds is 9. The summed E-state index contributed by atoms with van der Waals surface area (Å²) < 4.78 is 7.47. The quantitative estimate of drug-likeness (QED) is 0.524. The molecule has 0 unspecified atom stereocenters. The normalized spacial score (nSPS) is 11.0. The van der Waals surface area contributed by atoms with Gasteiger partial charge in [0.2, 0.25) is 5.89 Å². The van der Waals surface area contributed by atoms with Crippen molar-refractivity contribution in [2.24, 2.45) is 0 Å². The Kier molecular flexibility index (Phi) is 6.29. The lowest BCUT2D eigenvalue weighted by molar-refractivity contribution is 0.426. The van der Waals surface area contributed by atoms with E-state index in [4.69, 9.17) is 4.42 Å². The van der Waals surface area contributed by atoms with Crippen LogP contribution in [0.2, 0.25) is 0 Å². The molecule has 0 bridgehead atoms. The molecule has 2 aromatic rings. The summed E-state index contributed by atoms with van der Waals surface area (Å²) >= 11 is 3.33. The van der Waals surface area contributed by atoms with E-state index >= 15 is 0 Å². The average molecular weight is 298 g/mol. The Morgan fingerprint density at radius 3 is 3.00 bits per heavy atom. The largest absolute Gasteiger partial charge is 0.415 e. The van der Waals surface area contributed by atoms with Gasteiger partial charge in [0.1, 0.15) is 0 Å². The zero-order valence-electron chi connectivity index (χ0n) is 11.0. The molecule has 0 N–H and O–H groups in total. The summed E-state index contributed by atoms with van der Waals surface area (Å²) in [4.78, 5) is 0. The van der Waals surface area contributed by atoms with Gasteiger partial charge in [0, 0.05) is 24.7 Å². The molecule has 0 radical (unpaired) electrons. The molecule has 0 aromatic carbocycles. The molecule has 0 saturated carbocycles. The highest BCUT2D eigenvalue weighted by Gasteiger charge is 2.05. The molecule has 0 saturated heterocycles. The summed E-state index contributed by atoms with van der Waals surface area (Å²) in [5.74, 6) is 2.53. The Morgan fingerprint density at radius 2 is 2.21 bits per heavy atom. The standard InChI is InChI=1S/C12H18N4OS2/c1-18-10-11-14-15-12(17-11)19-9-4-2-3-7-16-8-5-6-13-16/h5-6,8H,2-4,7,9-10H2,1H3. The molecule has 0 spiro atoms. The van der Waals surface area contributed by atoms with Crippen molar-refractivity contribution >= 4 is 23.5 Å². The van der Waals surface area contributed by atoms with Crippen LogP contribution in [-0.2, 0) is 12.3 Å². The predicted octanol–water partition coefficient (Wildman–Crippen LogP) is 3.09. The van der Waals surface area contributed by atoms with E-state index < -0.39 is 0 Å². The third-order valence-corrected chi connectivity index (χ3v) is 3.97. The van der Waals surface area contributed by atoms with Crippen molar-refractivity contribution < 1.29 is 4.42 Å². The van der Waals surface area contributed by atoms with Crippen LogP contribution in [-0.4, -0.2) is 32.0 Å². The lowest BCUT2D eigenvalue weighted by Crippen LogP contribution is -1.98. The number of hydrogen-bond donors (Lipinski definition) is 0. The lowest BCUT2D eigenvalue weighted by Gasteiger charge is -2.00. The monoisotopic (exact) mass is 298 g/mol. The van der Waals surface area contributed by atoms with Crippen molar-refractivity contribution in [2.45, 2.75) is 36.8 Å². The molecule has 19 heavy (non-hydrogen) atoms. The maximum absolute atomic E-state index is 5.50. The Hall–Kier alpha value is -0.950. The van der Waals surface area contributed by atoms with Gasteiger partial charge in [-0.25, -0.2) is 0 Å². The first-order valence-electron chi connectivity index (χ1n) is 6.30. The molecule has 2 rings (SSSR count). The van der Waals surface area contributed by atoms with Crippen LogP contribution in [0.4, 0.5) is 0 Å². The van der Waals surface area contributed by atoms with Crippen molar-refractivity contribution in [1.82, 2.24) is 20.0 Å². The van der Waals surface area contributed by atoms with E-state index in [0.29, 0.717) is 11.1 Å². The van der Waals surface area contributed by atoms with Gasteiger partial charge in [0.25, 0.3) is 5.22 Å². The van der Waals surface area contributed by atoms with Crippen LogP contribution in [0.15, 0.2) is 28.1 Å². The van der Waals surface area contributed by atoms with Crippen LogP contribution in [0, 0.1) is 0 Å². The lowest BCUT2D eigenvalue weighted by atomic mass is 10.2. The number of aromatic nitrogens is 4. The highest BCUT2D eigenvalue weighted by molar-refractivity contribution is 7.99. The minimum absolute atomic E-state index is 0.691. The van der Waals surface area contributed by atoms with E-state index in [0.717, 1.165) is 30.9 Å². The zero-order chi connectivity index (χ0) is 13.3. The summed E-state index contributed by atoms with van der Waals surface area (Å²) in [7, 11) is 0. The smallest absolute Gasteiger partial charge is 0.276 e. The van der Waals surface area contributed by atoms with Crippen LogP contribution in [0.1, 0.15) is 25.2 Å². The average Bonchev–Trinajstić information content (AvgIpc) is 3.06. The number of thioether (sulfide) groups is 2. The van der Waals surface area contributed by atoms with Gasteiger partial charge in [-0.15, -0.1) is 10.2 Å². The fraction of sp³-hybridized carbons (Fsp3) is 0.583. The van der Waals surface area contributed by atoms with Crippen molar-refractivity contribution in [3.63, 3.8) is 0 Å². The molecule has 5 nitrogen and oxygen atoms in total. The van der Waals surface area contributed by atoms with Crippen LogP contribution in [0.5, 0.6) is 0 Å². The summed E-state index contributed by atoms with van der Waals surface area (Å²) in [6.07, 6.45) is 9.35. The van der Waals surface area contributed by atoms with Gasteiger partial charge < -0.3 is 4.42 Å². The van der Waals surface area contributed by atoms with Gasteiger partial charge in [0.05, 0.1) is 5.75 Å². The van der Waals surface area contributed by atoms with Crippen molar-refractivity contribution in [3.05, 3.63) is 24.4 Å². The second-order valence-electron chi connectivity index (χ2n) is 4.07. The van der Waals surface area contributed by atoms with E-state index in [9.17, 15) is 0 Å². The van der Waals surface area contributed by atoms with E-state index in [2.05, 4.69) is 15.3 Å². The van der Waals surface area contributed by atoms with E-state index in [-0.39, 0.29) is 0 Å². The second kappa shape index (κ2) is 8.27. The molecule has 2 aromatic heterocycles. The Labute approximate surface area is 121 Å². The molecule has 7 heteroatoms. The summed E-state index contributed by atoms with van der Waals surface area (Å²) in [5.41, 5.74) is 0. The van der Waals surface area contributed by atoms with Crippen LogP contribution in [0.25, 0.3) is 0 Å². The van der Waals surface area contributed by atoms with Gasteiger partial charge in [-0.1, -0.05) is 18.2 Å². The maximum Gasteiger partial charge on any atom is 0.276 e. The van der Waals surface area contributed by atoms with Gasteiger partial charge in [-0.3, -0.25) is 4.68 Å². The summed E-state index contributed by atoms with van der Waals surface area (Å²) in [6.45, 7) is 0.996. The van der Waals surface area contributed by atoms with E-state index in [1.807, 2.05) is 29.4 Å². The van der Waals surface area contributed by atoms with Crippen LogP contribution in [0.3, 0.4) is 0 Å². The Bertz CT molecular complexity index is 458. The third kappa shape index (κ3) is 5.28. The zero-order valence-corrected chi connectivity index (χ0v) is 12.6. The van der Waals surface area contributed by atoms with Gasteiger partial charge in [0.15, 0.2) is 0 Å². The molecule has 0 amide bonds. The molecule has 0 aliphatic rings. The third-order valence-electron chi connectivity index (χ3n) is 2.53. The van der Waals surface area contributed by atoms with Gasteiger partial charge in [-0.2, -0.15) is 16.9 Å². The SMILES string of the molecule is CSCc1nnc(SCCCCCn2cccn2)o1. The van der Waals surface area contributed by atoms with Crippen LogP contribution < -0.4 is 0 Å². The second-order valence-corrected chi connectivity index (χ2v) is 5.99. The highest BCUT2D eigenvalue weighted by atomic mass is 32.2. The molecular formula is C12H18N4OS2. The first-order chi connectivity index (χ1) is 9.38. The van der Waals surface area contributed by atoms with Crippen LogP contribution >= 0.6 is 23.5 Å². The number of aryl methyl sites for hydroxylation is 1. The minimum Gasteiger partial charge on any atom is -0.415 e. The topological polar surface area (TPSA) is 56.7 Å². The minimum atomic E-state index is 0.691. The fourth-order valence-corrected chi connectivity index (χ4v) is 2.76. The molecule has 0 aliphatic heterocycles. The molecule has 0 aliphatic carbocycles. The molecule has 2 heterocycles. The Balaban J connectivity index is 1.53. The molecule has 0 atom stereocenters. The van der Waals surface area contributed by atoms with Crippen molar-refractivity contribution in [2.75, 3.05) is 12.0 Å². The molecule has 0 fully saturated rings. The fourth-order valence-electron chi connectivity index (χ4n) is 1.62. The number of hydrogen-bond acceptors (Lipinski definition) is 6. The van der Waals surface area contributed by atoms with Gasteiger partial charge in [-0.05, 0) is 25.2 Å². The maximum atomic E-state index is 5.50. The van der Waals surface area contributed by atoms with E-state index in [1.165, 1.54) is 6.42 Å². The van der Waals surface area contributed by atoms with Crippen molar-refractivity contribution in [3.8, 4) is 0 Å². The number of unbranched alkanes of at least 4 members (excludes halogenated alkanes) is 2.